The largest absolute Gasteiger partial charge is 0.497 e. The minimum absolute atomic E-state index is 0. The zero-order valence-electron chi connectivity index (χ0n) is 12.2. The van der Waals surface area contributed by atoms with Crippen LogP contribution in [0.3, 0.4) is 0 Å². The Morgan fingerprint density at radius 1 is 1.35 bits per heavy atom. The second kappa shape index (κ2) is 8.45. The van der Waals surface area contributed by atoms with Crippen LogP contribution in [0.1, 0.15) is 31.4 Å². The molecule has 1 heterocycles. The van der Waals surface area contributed by atoms with Crippen molar-refractivity contribution in [3.63, 3.8) is 0 Å². The van der Waals surface area contributed by atoms with Gasteiger partial charge in [-0.3, -0.25) is 4.90 Å². The van der Waals surface area contributed by atoms with Crippen molar-refractivity contribution in [1.29, 1.82) is 0 Å². The summed E-state index contributed by atoms with van der Waals surface area (Å²) in [5.41, 5.74) is 0.796. The third-order valence-electron chi connectivity index (χ3n) is 3.72. The van der Waals surface area contributed by atoms with Crippen LogP contribution in [0.5, 0.6) is 5.75 Å². The Bertz CT molecular complexity index is 411. The summed E-state index contributed by atoms with van der Waals surface area (Å²) in [4.78, 5) is 2.38. The fraction of sp³-hybridized carbons (Fsp3) is 0.600. The molecule has 114 valence electrons. The number of halogens is 2. The number of hydrogen-bond acceptors (Lipinski definition) is 3. The van der Waals surface area contributed by atoms with Crippen LogP contribution in [0.25, 0.3) is 0 Å². The third kappa shape index (κ3) is 4.08. The van der Waals surface area contributed by atoms with Gasteiger partial charge in [-0.15, -0.1) is 12.4 Å². The van der Waals surface area contributed by atoms with Crippen LogP contribution in [-0.4, -0.2) is 38.2 Å². The Hall–Kier alpha value is -0.840. The van der Waals surface area contributed by atoms with Gasteiger partial charge in [0.05, 0.1) is 7.11 Å². The van der Waals surface area contributed by atoms with Crippen molar-refractivity contribution in [3.8, 4) is 5.75 Å². The molecule has 1 aliphatic heterocycles. The van der Waals surface area contributed by atoms with E-state index in [-0.39, 0.29) is 24.3 Å². The number of benzene rings is 1. The predicted molar refractivity (Wildman–Crippen MR) is 82.3 cm³/mol. The molecule has 20 heavy (non-hydrogen) atoms. The number of piperazine rings is 1. The standard InChI is InChI=1S/C15H23FN2O.ClH/c1-3-4-15(18-9-7-17-8-10-18)13-6-5-12(19-2)11-14(13)16;/h5-6,11,15,17H,3-4,7-10H2,1-2H3;1H/t15-;/m1./s1. The van der Waals surface area contributed by atoms with Gasteiger partial charge in [0.2, 0.25) is 0 Å². The number of ether oxygens (including phenoxy) is 1. The molecule has 0 aliphatic carbocycles. The summed E-state index contributed by atoms with van der Waals surface area (Å²) in [6.07, 6.45) is 2.04. The predicted octanol–water partition coefficient (Wildman–Crippen LogP) is 3.00. The van der Waals surface area contributed by atoms with Crippen LogP contribution < -0.4 is 10.1 Å². The molecule has 1 aromatic rings. The van der Waals surface area contributed by atoms with Gasteiger partial charge < -0.3 is 10.1 Å². The maximum atomic E-state index is 14.2. The second-order valence-electron chi connectivity index (χ2n) is 4.98. The molecule has 1 fully saturated rings. The lowest BCUT2D eigenvalue weighted by atomic mass is 9.99. The van der Waals surface area contributed by atoms with Gasteiger partial charge in [-0.05, 0) is 12.5 Å². The summed E-state index contributed by atoms with van der Waals surface area (Å²) in [7, 11) is 1.56. The lowest BCUT2D eigenvalue weighted by Gasteiger charge is -2.35. The first kappa shape index (κ1) is 17.2. The highest BCUT2D eigenvalue weighted by molar-refractivity contribution is 5.85. The van der Waals surface area contributed by atoms with Gasteiger partial charge in [0, 0.05) is 43.9 Å². The topological polar surface area (TPSA) is 24.5 Å². The maximum absolute atomic E-state index is 14.2. The second-order valence-corrected chi connectivity index (χ2v) is 4.98. The molecule has 3 nitrogen and oxygen atoms in total. The summed E-state index contributed by atoms with van der Waals surface area (Å²) in [5, 5.41) is 3.34. The molecule has 1 aromatic carbocycles. The van der Waals surface area contributed by atoms with E-state index in [4.69, 9.17) is 4.74 Å². The Balaban J connectivity index is 0.00000200. The van der Waals surface area contributed by atoms with Crippen molar-refractivity contribution in [1.82, 2.24) is 10.2 Å². The lowest BCUT2D eigenvalue weighted by molar-refractivity contribution is 0.161. The van der Waals surface area contributed by atoms with E-state index in [0.717, 1.165) is 44.6 Å². The van der Waals surface area contributed by atoms with Gasteiger partial charge in [-0.2, -0.15) is 0 Å². The van der Waals surface area contributed by atoms with Gasteiger partial charge in [-0.25, -0.2) is 4.39 Å². The average Bonchev–Trinajstić information content (AvgIpc) is 2.46. The van der Waals surface area contributed by atoms with E-state index in [1.807, 2.05) is 12.1 Å². The van der Waals surface area contributed by atoms with Crippen molar-refractivity contribution in [2.24, 2.45) is 0 Å². The SMILES string of the molecule is CCC[C@H](c1ccc(OC)cc1F)N1CCNCC1.Cl. The van der Waals surface area contributed by atoms with Crippen LogP contribution in [0, 0.1) is 5.82 Å². The van der Waals surface area contributed by atoms with E-state index in [1.165, 1.54) is 6.07 Å². The van der Waals surface area contributed by atoms with E-state index in [9.17, 15) is 4.39 Å². The van der Waals surface area contributed by atoms with E-state index in [1.54, 1.807) is 7.11 Å². The Morgan fingerprint density at radius 3 is 2.60 bits per heavy atom. The summed E-state index contributed by atoms with van der Waals surface area (Å²) >= 11 is 0. The molecule has 0 bridgehead atoms. The molecular weight excluding hydrogens is 279 g/mol. The highest BCUT2D eigenvalue weighted by atomic mass is 35.5. The maximum Gasteiger partial charge on any atom is 0.131 e. The van der Waals surface area contributed by atoms with E-state index < -0.39 is 0 Å². The molecule has 0 radical (unpaired) electrons. The zero-order chi connectivity index (χ0) is 13.7. The molecule has 1 saturated heterocycles. The lowest BCUT2D eigenvalue weighted by Crippen LogP contribution is -2.45. The molecule has 1 N–H and O–H groups in total. The fourth-order valence-electron chi connectivity index (χ4n) is 2.71. The van der Waals surface area contributed by atoms with Gasteiger partial charge in [0.25, 0.3) is 0 Å². The summed E-state index contributed by atoms with van der Waals surface area (Å²) in [6.45, 7) is 6.08. The highest BCUT2D eigenvalue weighted by Crippen LogP contribution is 2.30. The smallest absolute Gasteiger partial charge is 0.131 e. The first-order valence-corrected chi connectivity index (χ1v) is 7.04. The number of nitrogens with zero attached hydrogens (tertiary/aromatic N) is 1. The van der Waals surface area contributed by atoms with Gasteiger partial charge >= 0.3 is 0 Å². The van der Waals surface area contributed by atoms with E-state index in [0.29, 0.717) is 5.75 Å². The first-order valence-electron chi connectivity index (χ1n) is 7.04. The van der Waals surface area contributed by atoms with Crippen LogP contribution in [0.2, 0.25) is 0 Å². The molecule has 5 heteroatoms. The minimum atomic E-state index is -0.156. The van der Waals surface area contributed by atoms with E-state index >= 15 is 0 Å². The number of hydrogen-bond donors (Lipinski definition) is 1. The van der Waals surface area contributed by atoms with Crippen LogP contribution in [0.15, 0.2) is 18.2 Å². The molecule has 0 saturated carbocycles. The summed E-state index contributed by atoms with van der Waals surface area (Å²) in [5.74, 6) is 0.424. The van der Waals surface area contributed by atoms with Gasteiger partial charge in [-0.1, -0.05) is 19.4 Å². The monoisotopic (exact) mass is 302 g/mol. The van der Waals surface area contributed by atoms with Crippen molar-refractivity contribution in [3.05, 3.63) is 29.6 Å². The molecular formula is C15H24ClFN2O. The Kier molecular flexibility index (Phi) is 7.27. The van der Waals surface area contributed by atoms with Crippen LogP contribution in [-0.2, 0) is 0 Å². The first-order chi connectivity index (χ1) is 9.26. The highest BCUT2D eigenvalue weighted by Gasteiger charge is 2.23. The molecule has 1 aliphatic rings. The average molecular weight is 303 g/mol. The number of nitrogens with one attached hydrogen (secondary N) is 1. The molecule has 0 unspecified atom stereocenters. The summed E-state index contributed by atoms with van der Waals surface area (Å²) in [6, 6.07) is 5.39. The molecule has 0 aromatic heterocycles. The Labute approximate surface area is 126 Å². The third-order valence-corrected chi connectivity index (χ3v) is 3.72. The normalized spacial score (nSPS) is 17.4. The molecule has 0 amide bonds. The van der Waals surface area contributed by atoms with Crippen molar-refractivity contribution >= 4 is 12.4 Å². The van der Waals surface area contributed by atoms with Crippen LogP contribution >= 0.6 is 12.4 Å². The van der Waals surface area contributed by atoms with Crippen molar-refractivity contribution in [2.75, 3.05) is 33.3 Å². The van der Waals surface area contributed by atoms with Gasteiger partial charge in [0.15, 0.2) is 0 Å². The van der Waals surface area contributed by atoms with Gasteiger partial charge in [0.1, 0.15) is 11.6 Å². The molecule has 0 spiro atoms. The molecule has 2 rings (SSSR count). The Morgan fingerprint density at radius 2 is 2.05 bits per heavy atom. The summed E-state index contributed by atoms with van der Waals surface area (Å²) < 4.78 is 19.3. The fourth-order valence-corrected chi connectivity index (χ4v) is 2.71. The number of rotatable bonds is 5. The quantitative estimate of drug-likeness (QED) is 0.905. The van der Waals surface area contributed by atoms with Crippen molar-refractivity contribution in [2.45, 2.75) is 25.8 Å². The van der Waals surface area contributed by atoms with E-state index in [2.05, 4.69) is 17.1 Å². The number of methoxy groups -OCH3 is 1. The minimum Gasteiger partial charge on any atom is -0.497 e. The zero-order valence-corrected chi connectivity index (χ0v) is 13.0. The molecule has 1 atom stereocenters. The van der Waals surface area contributed by atoms with Crippen molar-refractivity contribution < 1.29 is 9.13 Å². The van der Waals surface area contributed by atoms with Crippen LogP contribution in [0.4, 0.5) is 4.39 Å².